The lowest BCUT2D eigenvalue weighted by Crippen LogP contribution is -2.49. The molecule has 0 aromatic carbocycles. The van der Waals surface area contributed by atoms with Crippen molar-refractivity contribution in [3.63, 3.8) is 0 Å². The van der Waals surface area contributed by atoms with Gasteiger partial charge in [0, 0.05) is 39.4 Å². The molecule has 0 spiro atoms. The number of Topliss-reactive ketones (excluding diaryl/α,β-unsaturated/α-hetero) is 1. The van der Waals surface area contributed by atoms with Gasteiger partial charge < -0.3 is 29.6 Å². The zero-order valence-electron chi connectivity index (χ0n) is 18.4. The van der Waals surface area contributed by atoms with E-state index in [2.05, 4.69) is 30.2 Å². The number of rotatable bonds is 6. The van der Waals surface area contributed by atoms with Gasteiger partial charge in [-0.15, -0.1) is 0 Å². The van der Waals surface area contributed by atoms with Crippen LogP contribution in [0, 0.1) is 0 Å². The van der Waals surface area contributed by atoms with E-state index in [1.165, 1.54) is 26.6 Å². The molecule has 2 N–H and O–H groups in total. The molecule has 32 heavy (non-hydrogen) atoms. The van der Waals surface area contributed by atoms with Crippen LogP contribution in [0.5, 0.6) is 11.6 Å². The summed E-state index contributed by atoms with van der Waals surface area (Å²) in [6.45, 7) is 2.49. The predicted molar refractivity (Wildman–Crippen MR) is 118 cm³/mol. The Balaban J connectivity index is 1.77. The van der Waals surface area contributed by atoms with Crippen molar-refractivity contribution in [1.82, 2.24) is 29.7 Å². The molecular formula is C21H25N7O4. The van der Waals surface area contributed by atoms with E-state index < -0.39 is 11.7 Å². The number of ketones is 1. The molecule has 1 aliphatic rings. The first-order valence-electron chi connectivity index (χ1n) is 10.1. The molecule has 168 valence electrons. The highest BCUT2D eigenvalue weighted by Gasteiger charge is 2.29. The van der Waals surface area contributed by atoms with Gasteiger partial charge in [-0.25, -0.2) is 15.0 Å². The van der Waals surface area contributed by atoms with Crippen LogP contribution in [0.4, 0.5) is 5.82 Å². The minimum absolute atomic E-state index is 0.233. The summed E-state index contributed by atoms with van der Waals surface area (Å²) in [7, 11) is 6.70. The average Bonchev–Trinajstić information content (AvgIpc) is 3.28. The van der Waals surface area contributed by atoms with Crippen molar-refractivity contribution in [3.05, 3.63) is 24.2 Å². The number of hydrogen-bond acceptors (Lipinski definition) is 9. The van der Waals surface area contributed by atoms with E-state index in [1.807, 2.05) is 7.05 Å². The number of nitrogens with one attached hydrogen (secondary N) is 2. The predicted octanol–water partition coefficient (Wildman–Crippen LogP) is 1.04. The number of H-pyrrole nitrogens is 1. The Labute approximate surface area is 184 Å². The van der Waals surface area contributed by atoms with E-state index >= 15 is 0 Å². The fourth-order valence-electron chi connectivity index (χ4n) is 3.71. The van der Waals surface area contributed by atoms with Crippen molar-refractivity contribution in [3.8, 4) is 23.0 Å². The van der Waals surface area contributed by atoms with Crippen LogP contribution >= 0.6 is 0 Å². The molecule has 0 unspecified atom stereocenters. The van der Waals surface area contributed by atoms with Gasteiger partial charge >= 0.3 is 0 Å². The maximum Gasteiger partial charge on any atom is 0.295 e. The average molecular weight is 439 g/mol. The summed E-state index contributed by atoms with van der Waals surface area (Å²) < 4.78 is 10.7. The zero-order chi connectivity index (χ0) is 22.8. The van der Waals surface area contributed by atoms with Crippen LogP contribution in [0.2, 0.25) is 0 Å². The molecule has 1 saturated heterocycles. The van der Waals surface area contributed by atoms with Crippen LogP contribution in [0.1, 0.15) is 10.4 Å². The maximum absolute atomic E-state index is 13.1. The summed E-state index contributed by atoms with van der Waals surface area (Å²) in [6.07, 6.45) is 4.57. The Morgan fingerprint density at radius 2 is 1.84 bits per heavy atom. The van der Waals surface area contributed by atoms with Gasteiger partial charge in [0.1, 0.15) is 17.1 Å². The number of nitrogens with zero attached hydrogens (tertiary/aromatic N) is 5. The highest BCUT2D eigenvalue weighted by molar-refractivity contribution is 6.45. The van der Waals surface area contributed by atoms with Crippen molar-refractivity contribution >= 4 is 28.4 Å². The number of fused-ring (bicyclic) bond motifs is 1. The molecule has 11 heteroatoms. The van der Waals surface area contributed by atoms with Crippen LogP contribution in [0.3, 0.4) is 0 Å². The number of aromatic amines is 1. The number of carbonyl (C=O) groups is 2. The number of likely N-dealkylation sites (N-methyl/N-ethyl adjacent to an activating group) is 1. The summed E-state index contributed by atoms with van der Waals surface area (Å²) >= 11 is 0. The Morgan fingerprint density at radius 3 is 2.50 bits per heavy atom. The van der Waals surface area contributed by atoms with Crippen molar-refractivity contribution in [2.24, 2.45) is 0 Å². The highest BCUT2D eigenvalue weighted by Crippen LogP contribution is 2.35. The first kappa shape index (κ1) is 21.5. The lowest BCUT2D eigenvalue weighted by atomic mass is 10.1. The number of pyridine rings is 1. The topological polar surface area (TPSA) is 126 Å². The van der Waals surface area contributed by atoms with Crippen LogP contribution in [0.25, 0.3) is 22.3 Å². The number of anilines is 1. The van der Waals surface area contributed by atoms with E-state index in [1.54, 1.807) is 18.1 Å². The largest absolute Gasteiger partial charge is 0.494 e. The van der Waals surface area contributed by atoms with E-state index in [0.717, 1.165) is 13.1 Å². The van der Waals surface area contributed by atoms with Gasteiger partial charge in [0.2, 0.25) is 0 Å². The summed E-state index contributed by atoms with van der Waals surface area (Å²) in [5.74, 6) is 0.0565. The first-order chi connectivity index (χ1) is 15.5. The summed E-state index contributed by atoms with van der Waals surface area (Å²) in [4.78, 5) is 46.1. The van der Waals surface area contributed by atoms with Crippen LogP contribution in [-0.4, -0.2) is 95.9 Å². The van der Waals surface area contributed by atoms with Crippen molar-refractivity contribution in [2.45, 2.75) is 0 Å². The van der Waals surface area contributed by atoms with Gasteiger partial charge in [-0.3, -0.25) is 9.59 Å². The van der Waals surface area contributed by atoms with Crippen molar-refractivity contribution in [1.29, 1.82) is 0 Å². The maximum atomic E-state index is 13.1. The molecule has 4 heterocycles. The number of piperazine rings is 1. The highest BCUT2D eigenvalue weighted by atomic mass is 16.5. The summed E-state index contributed by atoms with van der Waals surface area (Å²) in [6, 6.07) is 0. The lowest BCUT2D eigenvalue weighted by molar-refractivity contribution is -0.127. The Bertz CT molecular complexity index is 1170. The number of aromatic nitrogens is 4. The molecule has 1 fully saturated rings. The smallest absolute Gasteiger partial charge is 0.295 e. The van der Waals surface area contributed by atoms with Crippen LogP contribution in [0.15, 0.2) is 18.6 Å². The molecule has 3 aromatic heterocycles. The minimum atomic E-state index is -0.592. The van der Waals surface area contributed by atoms with E-state index in [-0.39, 0.29) is 5.56 Å². The third kappa shape index (κ3) is 3.71. The fourth-order valence-corrected chi connectivity index (χ4v) is 3.71. The molecule has 0 saturated carbocycles. The number of amides is 1. The SMILES string of the molecule is CNc1ncc(-c2ncc(OC)c3c(C(=O)C(=O)N4CCN(C)CC4)c[nH]c23)nc1OC. The molecule has 3 aromatic rings. The standard InChI is InChI=1S/C21H25N7O4/c1-22-19-20(32-4)26-13(10-25-19)16-17-15(14(31-3)11-24-16)12(9-23-17)18(29)21(30)28-7-5-27(2)6-8-28/h9-11,23H,5-8H2,1-4H3,(H,22,25). The Morgan fingerprint density at radius 1 is 1.09 bits per heavy atom. The molecule has 1 amide bonds. The third-order valence-corrected chi connectivity index (χ3v) is 5.54. The van der Waals surface area contributed by atoms with Gasteiger partial charge in [-0.2, -0.15) is 0 Å². The van der Waals surface area contributed by atoms with Gasteiger partial charge in [0.15, 0.2) is 5.82 Å². The number of methoxy groups -OCH3 is 2. The molecule has 0 atom stereocenters. The Hall–Kier alpha value is -3.73. The molecular weight excluding hydrogens is 414 g/mol. The van der Waals surface area contributed by atoms with E-state index in [9.17, 15) is 9.59 Å². The van der Waals surface area contributed by atoms with E-state index in [0.29, 0.717) is 52.8 Å². The molecule has 0 radical (unpaired) electrons. The van der Waals surface area contributed by atoms with Gasteiger partial charge in [-0.05, 0) is 7.05 Å². The second kappa shape index (κ2) is 8.79. The quantitative estimate of drug-likeness (QED) is 0.428. The fraction of sp³-hybridized carbons (Fsp3) is 0.381. The Kier molecular flexibility index (Phi) is 5.91. The van der Waals surface area contributed by atoms with Crippen LogP contribution < -0.4 is 14.8 Å². The monoisotopic (exact) mass is 439 g/mol. The van der Waals surface area contributed by atoms with Crippen molar-refractivity contribution in [2.75, 3.05) is 59.8 Å². The summed E-state index contributed by atoms with van der Waals surface area (Å²) in [5, 5.41) is 3.38. The minimum Gasteiger partial charge on any atom is -0.494 e. The second-order valence-electron chi connectivity index (χ2n) is 7.42. The number of carbonyl (C=O) groups excluding carboxylic acids is 2. The van der Waals surface area contributed by atoms with E-state index in [4.69, 9.17) is 9.47 Å². The first-order valence-corrected chi connectivity index (χ1v) is 10.1. The van der Waals surface area contributed by atoms with Crippen molar-refractivity contribution < 1.29 is 19.1 Å². The van der Waals surface area contributed by atoms with Gasteiger partial charge in [0.25, 0.3) is 17.6 Å². The van der Waals surface area contributed by atoms with Gasteiger partial charge in [-0.1, -0.05) is 0 Å². The van der Waals surface area contributed by atoms with Crippen LogP contribution in [-0.2, 0) is 4.79 Å². The molecule has 4 rings (SSSR count). The zero-order valence-corrected chi connectivity index (χ0v) is 18.4. The third-order valence-electron chi connectivity index (χ3n) is 5.54. The second-order valence-corrected chi connectivity index (χ2v) is 7.42. The van der Waals surface area contributed by atoms with Gasteiger partial charge in [0.05, 0.1) is 43.1 Å². The molecule has 11 nitrogen and oxygen atoms in total. The molecule has 0 aliphatic carbocycles. The normalized spacial score (nSPS) is 14.4. The number of ether oxygens (including phenoxy) is 2. The molecule has 1 aliphatic heterocycles. The molecule has 0 bridgehead atoms. The number of hydrogen-bond donors (Lipinski definition) is 2. The lowest BCUT2D eigenvalue weighted by Gasteiger charge is -2.31. The summed E-state index contributed by atoms with van der Waals surface area (Å²) in [5.41, 5.74) is 1.66.